The molecule has 0 saturated heterocycles. The van der Waals surface area contributed by atoms with Gasteiger partial charge in [0.2, 0.25) is 0 Å². The van der Waals surface area contributed by atoms with Gasteiger partial charge in [-0.15, -0.1) is 0 Å². The maximum Gasteiger partial charge on any atom is 0.280 e. The van der Waals surface area contributed by atoms with Gasteiger partial charge in [0.05, 0.1) is 5.75 Å². The van der Waals surface area contributed by atoms with E-state index in [0.29, 0.717) is 5.56 Å². The molecule has 0 radical (unpaired) electrons. The van der Waals surface area contributed by atoms with Gasteiger partial charge < -0.3 is 4.43 Å². The Hall–Kier alpha value is -0.903. The quantitative estimate of drug-likeness (QED) is 0.570. The molecule has 24 heavy (non-hydrogen) atoms. The molecule has 1 aromatic heterocycles. The summed E-state index contributed by atoms with van der Waals surface area (Å²) < 4.78 is 62.9. The van der Waals surface area contributed by atoms with Crippen molar-refractivity contribution in [2.24, 2.45) is 0 Å². The van der Waals surface area contributed by atoms with E-state index in [1.54, 1.807) is 0 Å². The largest absolute Gasteiger partial charge is 0.416 e. The van der Waals surface area contributed by atoms with Crippen LogP contribution in [0.2, 0.25) is 18.1 Å². The van der Waals surface area contributed by atoms with Crippen LogP contribution in [0, 0.1) is 0 Å². The molecule has 9 heteroatoms. The van der Waals surface area contributed by atoms with Gasteiger partial charge in [0, 0.05) is 18.7 Å². The summed E-state index contributed by atoms with van der Waals surface area (Å²) in [4.78, 5) is 3.65. The molecule has 138 valence electrons. The molecule has 0 saturated carbocycles. The van der Waals surface area contributed by atoms with Crippen molar-refractivity contribution in [1.82, 2.24) is 4.98 Å². The molecule has 1 heterocycles. The van der Waals surface area contributed by atoms with Crippen LogP contribution < -0.4 is 0 Å². The molecule has 0 spiro atoms. The van der Waals surface area contributed by atoms with E-state index in [-0.39, 0.29) is 17.3 Å². The monoisotopic (exact) mass is 381 g/mol. The second kappa shape index (κ2) is 7.55. The fraction of sp³-hybridized carbons (Fsp3) is 0.667. The third-order valence-corrected chi connectivity index (χ3v) is 9.69. The van der Waals surface area contributed by atoms with E-state index in [4.69, 9.17) is 8.98 Å². The van der Waals surface area contributed by atoms with Crippen molar-refractivity contribution < 1.29 is 26.2 Å². The van der Waals surface area contributed by atoms with Crippen molar-refractivity contribution in [3.8, 4) is 0 Å². The maximum absolute atomic E-state index is 12.6. The van der Waals surface area contributed by atoms with Gasteiger partial charge >= 0.3 is 0 Å². The molecule has 0 aromatic carbocycles. The lowest BCUT2D eigenvalue weighted by Crippen LogP contribution is -2.42. The first-order valence-corrected chi connectivity index (χ1v) is 12.1. The minimum atomic E-state index is -4.24. The zero-order chi connectivity index (χ0) is 18.8. The van der Waals surface area contributed by atoms with E-state index in [1.807, 2.05) is 13.1 Å². The summed E-state index contributed by atoms with van der Waals surface area (Å²) in [6, 6.07) is 2.56. The first-order chi connectivity index (χ1) is 10.7. The van der Waals surface area contributed by atoms with Crippen molar-refractivity contribution >= 4 is 18.4 Å². The summed E-state index contributed by atoms with van der Waals surface area (Å²) in [5.74, 6) is -1.22. The highest BCUT2D eigenvalue weighted by Crippen LogP contribution is 2.37. The molecule has 1 rings (SSSR count). The molecule has 1 aromatic rings. The average molecular weight is 382 g/mol. The van der Waals surface area contributed by atoms with Crippen LogP contribution in [-0.4, -0.2) is 38.6 Å². The van der Waals surface area contributed by atoms with Crippen molar-refractivity contribution in [2.75, 3.05) is 12.4 Å². The minimum absolute atomic E-state index is 0.0621. The summed E-state index contributed by atoms with van der Waals surface area (Å²) in [6.07, 6.45) is -1.48. The lowest BCUT2D eigenvalue weighted by Gasteiger charge is -2.37. The summed E-state index contributed by atoms with van der Waals surface area (Å²) in [7, 11) is -6.36. The van der Waals surface area contributed by atoms with Crippen molar-refractivity contribution in [3.63, 3.8) is 0 Å². The molecule has 0 aliphatic rings. The lowest BCUT2D eigenvalue weighted by molar-refractivity contribution is 0.146. The number of rotatable bonds is 7. The number of hydrogen-bond acceptors (Lipinski definition) is 4. The Labute approximate surface area is 143 Å². The predicted molar refractivity (Wildman–Crippen MR) is 91.5 cm³/mol. The molecule has 0 amide bonds. The van der Waals surface area contributed by atoms with Gasteiger partial charge in [-0.3, -0.25) is 9.54 Å². The van der Waals surface area contributed by atoms with E-state index in [9.17, 15) is 17.2 Å². The minimum Gasteiger partial charge on any atom is -0.416 e. The summed E-state index contributed by atoms with van der Waals surface area (Å²) in [5.41, 5.74) is 0.0606. The third kappa shape index (κ3) is 6.19. The summed E-state index contributed by atoms with van der Waals surface area (Å²) in [6.45, 7) is 10.3. The zero-order valence-electron chi connectivity index (χ0n) is 14.6. The Bertz CT molecular complexity index is 642. The number of halogens is 2. The van der Waals surface area contributed by atoms with E-state index in [2.05, 4.69) is 25.8 Å². The van der Waals surface area contributed by atoms with Crippen LogP contribution >= 0.6 is 0 Å². The fourth-order valence-corrected chi connectivity index (χ4v) is 3.66. The normalized spacial score (nSPS) is 14.9. The van der Waals surface area contributed by atoms with E-state index < -0.39 is 36.5 Å². The Balaban J connectivity index is 3.01. The number of nitrogens with zero attached hydrogens (tertiary/aromatic N) is 1. The standard InChI is InChI=1S/C15H25F2NO4SSi/c1-15(2,3)24(4,5)22-9-12(10-23(19,20)21)11-6-7-13(14(16)17)18-8-11/h6-8,12,14H,9-10H2,1-5H3,(H,19,20,21). The van der Waals surface area contributed by atoms with Crippen LogP contribution in [0.4, 0.5) is 8.78 Å². The van der Waals surface area contributed by atoms with Crippen LogP contribution in [0.3, 0.4) is 0 Å². The van der Waals surface area contributed by atoms with Gasteiger partial charge in [0.25, 0.3) is 16.5 Å². The van der Waals surface area contributed by atoms with Crippen LogP contribution in [0.25, 0.3) is 0 Å². The van der Waals surface area contributed by atoms with Crippen molar-refractivity contribution in [3.05, 3.63) is 29.6 Å². The molecule has 0 bridgehead atoms. The molecule has 1 N–H and O–H groups in total. The smallest absolute Gasteiger partial charge is 0.280 e. The SMILES string of the molecule is CC(C)(C)[Si](C)(C)OCC(CS(=O)(=O)O)c1ccc(C(F)F)nc1. The molecule has 0 aliphatic heterocycles. The molecule has 5 nitrogen and oxygen atoms in total. The Morgan fingerprint density at radius 2 is 1.88 bits per heavy atom. The third-order valence-electron chi connectivity index (χ3n) is 4.37. The number of hydrogen-bond donors (Lipinski definition) is 1. The highest BCUT2D eigenvalue weighted by Gasteiger charge is 2.38. The van der Waals surface area contributed by atoms with Gasteiger partial charge in [0.15, 0.2) is 8.32 Å². The van der Waals surface area contributed by atoms with Crippen LogP contribution in [0.1, 0.15) is 44.4 Å². The lowest BCUT2D eigenvalue weighted by atomic mass is 10.0. The number of alkyl halides is 2. The van der Waals surface area contributed by atoms with E-state index in [0.717, 1.165) is 6.07 Å². The Kier molecular flexibility index (Phi) is 6.65. The number of aromatic nitrogens is 1. The second-order valence-corrected chi connectivity index (χ2v) is 13.6. The fourth-order valence-electron chi connectivity index (χ4n) is 1.81. The van der Waals surface area contributed by atoms with E-state index >= 15 is 0 Å². The Morgan fingerprint density at radius 1 is 1.29 bits per heavy atom. The topological polar surface area (TPSA) is 76.5 Å². The highest BCUT2D eigenvalue weighted by molar-refractivity contribution is 7.85. The van der Waals surface area contributed by atoms with Gasteiger partial charge in [-0.2, -0.15) is 8.42 Å². The second-order valence-electron chi connectivity index (χ2n) is 7.33. The summed E-state index contributed by atoms with van der Waals surface area (Å²) in [5, 5.41) is -0.0621. The molecular formula is C15H25F2NO4SSi. The first-order valence-electron chi connectivity index (χ1n) is 7.56. The molecular weight excluding hydrogens is 356 g/mol. The van der Waals surface area contributed by atoms with Gasteiger partial charge in [-0.05, 0) is 29.8 Å². The predicted octanol–water partition coefficient (Wildman–Crippen LogP) is 4.01. The average Bonchev–Trinajstić information content (AvgIpc) is 2.41. The van der Waals surface area contributed by atoms with Crippen LogP contribution in [-0.2, 0) is 14.5 Å². The maximum atomic E-state index is 12.6. The molecule has 1 unspecified atom stereocenters. The van der Waals surface area contributed by atoms with E-state index in [1.165, 1.54) is 12.3 Å². The first kappa shape index (κ1) is 21.1. The van der Waals surface area contributed by atoms with Crippen LogP contribution in [0.15, 0.2) is 18.3 Å². The molecule has 0 fully saturated rings. The van der Waals surface area contributed by atoms with Crippen molar-refractivity contribution in [2.45, 2.75) is 51.2 Å². The summed E-state index contributed by atoms with van der Waals surface area (Å²) >= 11 is 0. The van der Waals surface area contributed by atoms with Crippen LogP contribution in [0.5, 0.6) is 0 Å². The number of pyridine rings is 1. The van der Waals surface area contributed by atoms with Gasteiger partial charge in [-0.1, -0.05) is 26.8 Å². The van der Waals surface area contributed by atoms with Gasteiger partial charge in [0.1, 0.15) is 5.69 Å². The van der Waals surface area contributed by atoms with Gasteiger partial charge in [-0.25, -0.2) is 8.78 Å². The molecule has 1 atom stereocenters. The zero-order valence-corrected chi connectivity index (χ0v) is 16.4. The molecule has 0 aliphatic carbocycles. The Morgan fingerprint density at radius 3 is 2.25 bits per heavy atom. The highest BCUT2D eigenvalue weighted by atomic mass is 32.2. The van der Waals surface area contributed by atoms with Crippen molar-refractivity contribution in [1.29, 1.82) is 0 Å².